The second kappa shape index (κ2) is 7.42. The highest BCUT2D eigenvalue weighted by Crippen LogP contribution is 2.22. The van der Waals surface area contributed by atoms with Gasteiger partial charge in [-0.25, -0.2) is 0 Å². The molecule has 0 aromatic heterocycles. The van der Waals surface area contributed by atoms with E-state index in [1.54, 1.807) is 0 Å². The van der Waals surface area contributed by atoms with Crippen LogP contribution >= 0.6 is 0 Å². The van der Waals surface area contributed by atoms with E-state index in [9.17, 15) is 0 Å². The number of hydrogen-bond donors (Lipinski definition) is 1. The van der Waals surface area contributed by atoms with E-state index in [1.807, 2.05) is 0 Å². The van der Waals surface area contributed by atoms with Crippen LogP contribution in [0.2, 0.25) is 0 Å². The van der Waals surface area contributed by atoms with Gasteiger partial charge in [0.05, 0.1) is 0 Å². The van der Waals surface area contributed by atoms with E-state index < -0.39 is 0 Å². The standard InChI is InChI=1S/C17H28N2/c1-3-4-8-15(2)18-16-9-11-17(12-10-16)19-13-6-5-7-14-19/h9-12,15,18H,3-8,13-14H2,1-2H3. The quantitative estimate of drug-likeness (QED) is 0.799. The van der Waals surface area contributed by atoms with E-state index in [0.29, 0.717) is 6.04 Å². The first-order valence-electron chi connectivity index (χ1n) is 7.91. The Kier molecular flexibility index (Phi) is 5.56. The fourth-order valence-electron chi connectivity index (χ4n) is 2.79. The Hall–Kier alpha value is -1.18. The number of hydrogen-bond acceptors (Lipinski definition) is 2. The highest BCUT2D eigenvalue weighted by Gasteiger charge is 2.10. The third-order valence-electron chi connectivity index (χ3n) is 3.99. The van der Waals surface area contributed by atoms with Crippen molar-refractivity contribution in [3.8, 4) is 0 Å². The summed E-state index contributed by atoms with van der Waals surface area (Å²) in [7, 11) is 0. The Morgan fingerprint density at radius 2 is 1.79 bits per heavy atom. The topological polar surface area (TPSA) is 15.3 Å². The summed E-state index contributed by atoms with van der Waals surface area (Å²) in [5, 5.41) is 3.59. The first-order valence-corrected chi connectivity index (χ1v) is 7.91. The summed E-state index contributed by atoms with van der Waals surface area (Å²) in [6.45, 7) is 6.97. The SMILES string of the molecule is CCCCC(C)Nc1ccc(N2CCCCC2)cc1. The lowest BCUT2D eigenvalue weighted by molar-refractivity contribution is 0.578. The van der Waals surface area contributed by atoms with Crippen molar-refractivity contribution in [1.29, 1.82) is 0 Å². The van der Waals surface area contributed by atoms with Crippen molar-refractivity contribution in [2.24, 2.45) is 0 Å². The maximum atomic E-state index is 3.59. The zero-order chi connectivity index (χ0) is 13.5. The summed E-state index contributed by atoms with van der Waals surface area (Å²) in [5.41, 5.74) is 2.64. The van der Waals surface area contributed by atoms with Gasteiger partial charge in [-0.2, -0.15) is 0 Å². The van der Waals surface area contributed by atoms with Gasteiger partial charge in [-0.3, -0.25) is 0 Å². The molecule has 1 aliphatic rings. The molecule has 1 heterocycles. The molecular weight excluding hydrogens is 232 g/mol. The summed E-state index contributed by atoms with van der Waals surface area (Å²) >= 11 is 0. The van der Waals surface area contributed by atoms with Crippen molar-refractivity contribution in [3.63, 3.8) is 0 Å². The van der Waals surface area contributed by atoms with Gasteiger partial charge in [0, 0.05) is 30.5 Å². The summed E-state index contributed by atoms with van der Waals surface area (Å²) in [5.74, 6) is 0. The maximum absolute atomic E-state index is 3.59. The summed E-state index contributed by atoms with van der Waals surface area (Å²) in [4.78, 5) is 2.51. The molecule has 0 radical (unpaired) electrons. The van der Waals surface area contributed by atoms with Gasteiger partial charge in [-0.15, -0.1) is 0 Å². The van der Waals surface area contributed by atoms with Gasteiger partial charge >= 0.3 is 0 Å². The molecule has 1 atom stereocenters. The molecule has 1 N–H and O–H groups in total. The lowest BCUT2D eigenvalue weighted by atomic mass is 10.1. The van der Waals surface area contributed by atoms with Gasteiger partial charge in [0.1, 0.15) is 0 Å². The van der Waals surface area contributed by atoms with Crippen LogP contribution in [-0.2, 0) is 0 Å². The van der Waals surface area contributed by atoms with Crippen LogP contribution < -0.4 is 10.2 Å². The molecule has 0 amide bonds. The fourth-order valence-corrected chi connectivity index (χ4v) is 2.79. The van der Waals surface area contributed by atoms with Crippen LogP contribution in [0.3, 0.4) is 0 Å². The molecule has 0 bridgehead atoms. The van der Waals surface area contributed by atoms with Crippen molar-refractivity contribution < 1.29 is 0 Å². The van der Waals surface area contributed by atoms with Crippen molar-refractivity contribution in [3.05, 3.63) is 24.3 Å². The first kappa shape index (κ1) is 14.2. The highest BCUT2D eigenvalue weighted by atomic mass is 15.1. The second-order valence-corrected chi connectivity index (χ2v) is 5.78. The Morgan fingerprint density at radius 1 is 1.11 bits per heavy atom. The van der Waals surface area contributed by atoms with Gasteiger partial charge < -0.3 is 10.2 Å². The van der Waals surface area contributed by atoms with Crippen LogP contribution in [0, 0.1) is 0 Å². The number of nitrogens with one attached hydrogen (secondary N) is 1. The van der Waals surface area contributed by atoms with Gasteiger partial charge in [0.2, 0.25) is 0 Å². The monoisotopic (exact) mass is 260 g/mol. The number of anilines is 2. The predicted molar refractivity (Wildman–Crippen MR) is 85.1 cm³/mol. The third kappa shape index (κ3) is 4.45. The van der Waals surface area contributed by atoms with Gasteiger partial charge in [0.15, 0.2) is 0 Å². The van der Waals surface area contributed by atoms with Gasteiger partial charge in [-0.05, 0) is 56.9 Å². The molecule has 0 aliphatic carbocycles. The molecule has 1 aromatic carbocycles. The van der Waals surface area contributed by atoms with Gasteiger partial charge in [-0.1, -0.05) is 19.8 Å². The molecule has 1 saturated heterocycles. The minimum absolute atomic E-state index is 0.570. The molecule has 1 unspecified atom stereocenters. The fraction of sp³-hybridized carbons (Fsp3) is 0.647. The minimum Gasteiger partial charge on any atom is -0.383 e. The van der Waals surface area contributed by atoms with E-state index >= 15 is 0 Å². The van der Waals surface area contributed by atoms with E-state index in [2.05, 4.69) is 48.3 Å². The second-order valence-electron chi connectivity index (χ2n) is 5.78. The molecule has 106 valence electrons. The number of piperidine rings is 1. The average Bonchev–Trinajstić information content (AvgIpc) is 2.47. The zero-order valence-corrected chi connectivity index (χ0v) is 12.5. The van der Waals surface area contributed by atoms with Crippen molar-refractivity contribution in [2.45, 2.75) is 58.4 Å². The van der Waals surface area contributed by atoms with Crippen LogP contribution in [0.25, 0.3) is 0 Å². The highest BCUT2D eigenvalue weighted by molar-refractivity contribution is 5.55. The van der Waals surface area contributed by atoms with Crippen LogP contribution in [0.5, 0.6) is 0 Å². The van der Waals surface area contributed by atoms with E-state index in [1.165, 1.54) is 63.0 Å². The molecule has 1 aliphatic heterocycles. The largest absolute Gasteiger partial charge is 0.383 e. The number of nitrogens with zero attached hydrogens (tertiary/aromatic N) is 1. The minimum atomic E-state index is 0.570. The Balaban J connectivity index is 1.86. The van der Waals surface area contributed by atoms with Crippen molar-refractivity contribution in [2.75, 3.05) is 23.3 Å². The molecule has 0 saturated carbocycles. The molecule has 19 heavy (non-hydrogen) atoms. The third-order valence-corrected chi connectivity index (χ3v) is 3.99. The average molecular weight is 260 g/mol. The van der Waals surface area contributed by atoms with Crippen LogP contribution in [0.15, 0.2) is 24.3 Å². The van der Waals surface area contributed by atoms with Gasteiger partial charge in [0.25, 0.3) is 0 Å². The van der Waals surface area contributed by atoms with E-state index in [0.717, 1.165) is 0 Å². The lowest BCUT2D eigenvalue weighted by Crippen LogP contribution is -2.29. The lowest BCUT2D eigenvalue weighted by Gasteiger charge is -2.29. The van der Waals surface area contributed by atoms with Crippen LogP contribution in [0.1, 0.15) is 52.4 Å². The smallest absolute Gasteiger partial charge is 0.0367 e. The molecule has 1 aromatic rings. The summed E-state index contributed by atoms with van der Waals surface area (Å²) < 4.78 is 0. The Morgan fingerprint density at radius 3 is 2.42 bits per heavy atom. The molecule has 1 fully saturated rings. The first-order chi connectivity index (χ1) is 9.29. The predicted octanol–water partition coefficient (Wildman–Crippen LogP) is 4.67. The molecule has 2 heteroatoms. The summed E-state index contributed by atoms with van der Waals surface area (Å²) in [6, 6.07) is 9.56. The number of benzene rings is 1. The molecule has 2 rings (SSSR count). The molecule has 2 nitrogen and oxygen atoms in total. The Labute approximate surface area is 118 Å². The molecule has 0 spiro atoms. The number of rotatable bonds is 6. The Bertz CT molecular complexity index is 352. The van der Waals surface area contributed by atoms with E-state index in [4.69, 9.17) is 0 Å². The van der Waals surface area contributed by atoms with Crippen molar-refractivity contribution >= 4 is 11.4 Å². The molecular formula is C17H28N2. The van der Waals surface area contributed by atoms with E-state index in [-0.39, 0.29) is 0 Å². The van der Waals surface area contributed by atoms with Crippen LogP contribution in [-0.4, -0.2) is 19.1 Å². The maximum Gasteiger partial charge on any atom is 0.0367 e. The number of unbranched alkanes of at least 4 members (excludes halogenated alkanes) is 1. The van der Waals surface area contributed by atoms with Crippen molar-refractivity contribution in [1.82, 2.24) is 0 Å². The normalized spacial score (nSPS) is 17.3. The summed E-state index contributed by atoms with van der Waals surface area (Å²) in [6.07, 6.45) is 7.91. The van der Waals surface area contributed by atoms with Crippen LogP contribution in [0.4, 0.5) is 11.4 Å². The zero-order valence-electron chi connectivity index (χ0n) is 12.5.